The Kier molecular flexibility index (Phi) is 8.22. The van der Waals surface area contributed by atoms with Gasteiger partial charge in [0.05, 0.1) is 6.21 Å². The van der Waals surface area contributed by atoms with Crippen molar-refractivity contribution in [3.63, 3.8) is 0 Å². The van der Waals surface area contributed by atoms with Crippen molar-refractivity contribution in [3.8, 4) is 17.2 Å². The summed E-state index contributed by atoms with van der Waals surface area (Å²) in [6.07, 6.45) is 1.38. The summed E-state index contributed by atoms with van der Waals surface area (Å²) in [7, 11) is 0. The molecule has 1 aliphatic heterocycles. The molecule has 1 heterocycles. The lowest BCUT2D eigenvalue weighted by Crippen LogP contribution is -2.37. The minimum Gasteiger partial charge on any atom is -0.484 e. The number of hydrazone groups is 1. The Bertz CT molecular complexity index is 1340. The van der Waals surface area contributed by atoms with E-state index in [-0.39, 0.29) is 25.9 Å². The van der Waals surface area contributed by atoms with Crippen molar-refractivity contribution in [3.05, 3.63) is 82.4 Å². The van der Waals surface area contributed by atoms with Crippen LogP contribution >= 0.6 is 11.6 Å². The van der Waals surface area contributed by atoms with Crippen LogP contribution in [0.3, 0.4) is 0 Å². The van der Waals surface area contributed by atoms with Crippen molar-refractivity contribution in [1.82, 2.24) is 10.7 Å². The van der Waals surface area contributed by atoms with Crippen molar-refractivity contribution >= 4 is 41.2 Å². The Balaban J connectivity index is 1.18. The minimum atomic E-state index is -0.905. The summed E-state index contributed by atoms with van der Waals surface area (Å²) in [5.74, 6) is -0.357. The van der Waals surface area contributed by atoms with Crippen LogP contribution in [-0.4, -0.2) is 37.3 Å². The maximum Gasteiger partial charge on any atom is 0.329 e. The third-order valence-corrected chi connectivity index (χ3v) is 5.68. The van der Waals surface area contributed by atoms with Crippen LogP contribution in [0, 0.1) is 6.92 Å². The number of amides is 3. The van der Waals surface area contributed by atoms with Gasteiger partial charge in [-0.15, -0.1) is 0 Å². The van der Waals surface area contributed by atoms with Crippen LogP contribution in [0.5, 0.6) is 17.2 Å². The Morgan fingerprint density at radius 3 is 2.62 bits per heavy atom. The average molecular weight is 523 g/mol. The van der Waals surface area contributed by atoms with Crippen molar-refractivity contribution < 1.29 is 28.6 Å². The summed E-state index contributed by atoms with van der Waals surface area (Å²) in [6.45, 7) is 1.93. The monoisotopic (exact) mass is 522 g/mol. The number of benzene rings is 3. The smallest absolute Gasteiger partial charge is 0.329 e. The van der Waals surface area contributed by atoms with Gasteiger partial charge >= 0.3 is 11.8 Å². The van der Waals surface area contributed by atoms with Gasteiger partial charge in [0.25, 0.3) is 5.91 Å². The average Bonchev–Trinajstić information content (AvgIpc) is 3.37. The summed E-state index contributed by atoms with van der Waals surface area (Å²) < 4.78 is 16.0. The van der Waals surface area contributed by atoms with Gasteiger partial charge in [-0.05, 0) is 72.1 Å². The Morgan fingerprint density at radius 2 is 1.81 bits per heavy atom. The van der Waals surface area contributed by atoms with Gasteiger partial charge in [0.15, 0.2) is 18.1 Å². The van der Waals surface area contributed by atoms with Gasteiger partial charge in [-0.2, -0.15) is 5.10 Å². The van der Waals surface area contributed by atoms with Gasteiger partial charge < -0.3 is 24.8 Å². The molecular formula is C26H23ClN4O6. The molecule has 0 aliphatic carbocycles. The lowest BCUT2D eigenvalue weighted by Gasteiger charge is -2.10. The Labute approximate surface area is 217 Å². The quantitative estimate of drug-likeness (QED) is 0.237. The summed E-state index contributed by atoms with van der Waals surface area (Å²) >= 11 is 6.06. The molecule has 0 radical (unpaired) electrons. The zero-order valence-corrected chi connectivity index (χ0v) is 20.5. The number of anilines is 1. The van der Waals surface area contributed by atoms with Crippen molar-refractivity contribution in [2.75, 3.05) is 18.7 Å². The largest absolute Gasteiger partial charge is 0.484 e. The SMILES string of the molecule is Cc1c(Cl)cccc1NC(=O)COc1ccc(/C=N\NC(=O)C(=O)NCc2ccc3c(c2)OCO3)cc1. The molecule has 3 aromatic carbocycles. The van der Waals surface area contributed by atoms with Gasteiger partial charge in [0, 0.05) is 17.3 Å². The molecule has 0 saturated heterocycles. The van der Waals surface area contributed by atoms with E-state index in [1.54, 1.807) is 60.7 Å². The molecule has 0 spiro atoms. The number of nitrogens with zero attached hydrogens (tertiary/aromatic N) is 1. The minimum absolute atomic E-state index is 0.144. The van der Waals surface area contributed by atoms with E-state index in [0.29, 0.717) is 33.5 Å². The van der Waals surface area contributed by atoms with Crippen LogP contribution in [0.4, 0.5) is 5.69 Å². The van der Waals surface area contributed by atoms with Crippen molar-refractivity contribution in [2.45, 2.75) is 13.5 Å². The fraction of sp³-hybridized carbons (Fsp3) is 0.154. The second-order valence-corrected chi connectivity index (χ2v) is 8.29. The zero-order valence-electron chi connectivity index (χ0n) is 19.7. The lowest BCUT2D eigenvalue weighted by molar-refractivity contribution is -0.139. The van der Waals surface area contributed by atoms with Crippen LogP contribution < -0.4 is 30.3 Å². The van der Waals surface area contributed by atoms with Gasteiger partial charge in [0.2, 0.25) is 6.79 Å². The highest BCUT2D eigenvalue weighted by Gasteiger charge is 2.15. The van der Waals surface area contributed by atoms with Gasteiger partial charge in [-0.25, -0.2) is 5.43 Å². The summed E-state index contributed by atoms with van der Waals surface area (Å²) in [5.41, 5.74) is 4.97. The Morgan fingerprint density at radius 1 is 1.03 bits per heavy atom. The molecule has 0 bridgehead atoms. The highest BCUT2D eigenvalue weighted by Crippen LogP contribution is 2.32. The number of fused-ring (bicyclic) bond motifs is 1. The first-order valence-electron chi connectivity index (χ1n) is 11.2. The number of hydrogen-bond donors (Lipinski definition) is 3. The van der Waals surface area contributed by atoms with Crippen LogP contribution in [0.25, 0.3) is 0 Å². The third-order valence-electron chi connectivity index (χ3n) is 5.27. The second-order valence-electron chi connectivity index (χ2n) is 7.89. The summed E-state index contributed by atoms with van der Waals surface area (Å²) in [4.78, 5) is 36.1. The fourth-order valence-electron chi connectivity index (χ4n) is 3.26. The molecule has 3 amide bonds. The predicted octanol–water partition coefficient (Wildman–Crippen LogP) is 3.16. The molecule has 11 heteroatoms. The molecule has 190 valence electrons. The highest BCUT2D eigenvalue weighted by atomic mass is 35.5. The number of nitrogens with one attached hydrogen (secondary N) is 3. The standard InChI is InChI=1S/C26H23ClN4O6/c1-16-20(27)3-2-4-21(16)30-24(32)14-35-19-8-5-17(6-9-19)13-29-31-26(34)25(33)28-12-18-7-10-22-23(11-18)37-15-36-22/h2-11,13H,12,14-15H2,1H3,(H,28,33)(H,30,32)(H,31,34)/b29-13-. The Hall–Kier alpha value is -4.57. The molecule has 37 heavy (non-hydrogen) atoms. The van der Waals surface area contributed by atoms with E-state index in [1.807, 2.05) is 6.92 Å². The first-order chi connectivity index (χ1) is 17.9. The summed E-state index contributed by atoms with van der Waals surface area (Å²) in [6, 6.07) is 17.2. The van der Waals surface area contributed by atoms with Crippen LogP contribution in [0.15, 0.2) is 65.8 Å². The number of halogens is 1. The maximum absolute atomic E-state index is 12.2. The fourth-order valence-corrected chi connectivity index (χ4v) is 3.43. The molecule has 0 unspecified atom stereocenters. The third kappa shape index (κ3) is 6.98. The number of ether oxygens (including phenoxy) is 3. The topological polar surface area (TPSA) is 127 Å². The van der Waals surface area contributed by atoms with E-state index in [4.69, 9.17) is 25.8 Å². The van der Waals surface area contributed by atoms with E-state index < -0.39 is 11.8 Å². The van der Waals surface area contributed by atoms with Crippen molar-refractivity contribution in [2.24, 2.45) is 5.10 Å². The van der Waals surface area contributed by atoms with Gasteiger partial charge in [-0.1, -0.05) is 23.7 Å². The zero-order chi connectivity index (χ0) is 26.2. The number of carbonyl (C=O) groups is 3. The van der Waals surface area contributed by atoms with E-state index in [9.17, 15) is 14.4 Å². The molecule has 0 saturated carbocycles. The first kappa shape index (κ1) is 25.5. The van der Waals surface area contributed by atoms with Crippen LogP contribution in [0.2, 0.25) is 5.02 Å². The maximum atomic E-state index is 12.2. The number of hydrogen-bond acceptors (Lipinski definition) is 7. The molecule has 1 aliphatic rings. The summed E-state index contributed by atoms with van der Waals surface area (Å²) in [5, 5.41) is 9.63. The van der Waals surface area contributed by atoms with E-state index in [1.165, 1.54) is 6.21 Å². The van der Waals surface area contributed by atoms with Crippen LogP contribution in [0.1, 0.15) is 16.7 Å². The van der Waals surface area contributed by atoms with E-state index in [2.05, 4.69) is 21.2 Å². The van der Waals surface area contributed by atoms with Gasteiger partial charge in [-0.3, -0.25) is 14.4 Å². The highest BCUT2D eigenvalue weighted by molar-refractivity contribution is 6.35. The van der Waals surface area contributed by atoms with E-state index >= 15 is 0 Å². The number of rotatable bonds is 8. The first-order valence-corrected chi connectivity index (χ1v) is 11.5. The molecule has 0 aromatic heterocycles. The molecule has 0 atom stereocenters. The van der Waals surface area contributed by atoms with Gasteiger partial charge in [0.1, 0.15) is 5.75 Å². The molecular weight excluding hydrogens is 500 g/mol. The van der Waals surface area contributed by atoms with Crippen molar-refractivity contribution in [1.29, 1.82) is 0 Å². The predicted molar refractivity (Wildman–Crippen MR) is 137 cm³/mol. The second kappa shape index (κ2) is 11.9. The van der Waals surface area contributed by atoms with E-state index in [0.717, 1.165) is 11.1 Å². The normalized spacial score (nSPS) is 11.7. The molecule has 3 N–H and O–H groups in total. The molecule has 3 aromatic rings. The lowest BCUT2D eigenvalue weighted by atomic mass is 10.2. The number of carbonyl (C=O) groups excluding carboxylic acids is 3. The molecule has 0 fully saturated rings. The molecule has 10 nitrogen and oxygen atoms in total. The molecule has 4 rings (SSSR count). The van der Waals surface area contributed by atoms with Crippen LogP contribution in [-0.2, 0) is 20.9 Å².